The molecule has 0 aliphatic heterocycles. The van der Waals surface area contributed by atoms with Crippen molar-refractivity contribution >= 4 is 22.4 Å². The number of aryl methyl sites for hydroxylation is 1. The van der Waals surface area contributed by atoms with Crippen LogP contribution in [0.5, 0.6) is 0 Å². The van der Waals surface area contributed by atoms with Crippen molar-refractivity contribution in [3.05, 3.63) is 10.6 Å². The van der Waals surface area contributed by atoms with Crippen molar-refractivity contribution in [1.82, 2.24) is 4.98 Å². The Morgan fingerprint density at radius 1 is 1.60 bits per heavy atom. The van der Waals surface area contributed by atoms with Crippen LogP contribution in [0.1, 0.15) is 43.2 Å². The molecule has 0 saturated heterocycles. The molecule has 20 heavy (non-hydrogen) atoms. The average molecular weight is 293 g/mol. The van der Waals surface area contributed by atoms with Gasteiger partial charge in [-0.15, -0.1) is 11.3 Å². The van der Waals surface area contributed by atoms with Gasteiger partial charge in [0.15, 0.2) is 5.13 Å². The zero-order chi connectivity index (χ0) is 14.5. The number of nitrogens with zero attached hydrogens (tertiary/aromatic N) is 3. The fraction of sp³-hybridized carbons (Fsp3) is 0.643. The van der Waals surface area contributed by atoms with Crippen LogP contribution in [0.15, 0.2) is 0 Å². The van der Waals surface area contributed by atoms with Crippen molar-refractivity contribution in [3.63, 3.8) is 0 Å². The highest BCUT2D eigenvalue weighted by Crippen LogP contribution is 2.40. The molecule has 5 nitrogen and oxygen atoms in total. The first-order chi connectivity index (χ1) is 9.71. The summed E-state index contributed by atoms with van der Waals surface area (Å²) in [5.41, 5.74) is 0.888. The molecule has 0 saturated carbocycles. The quantitative estimate of drug-likeness (QED) is 0.754. The van der Waals surface area contributed by atoms with E-state index in [4.69, 9.17) is 10.00 Å². The van der Waals surface area contributed by atoms with Crippen LogP contribution in [0.2, 0.25) is 0 Å². The lowest BCUT2D eigenvalue weighted by molar-refractivity contribution is -0.145. The standard InChI is InChI=1S/C14H19N3O2S/c1-3-17(9-5-8-15)14-16-12-10(13(18)19-4-2)6-7-11(12)20-14/h10H,3-7,9H2,1-2H3. The molecule has 6 heteroatoms. The summed E-state index contributed by atoms with van der Waals surface area (Å²) in [6, 6.07) is 2.16. The molecule has 1 unspecified atom stereocenters. The SMILES string of the molecule is CCOC(=O)C1CCc2sc(N(CC)CCC#N)nc21. The second-order valence-corrected chi connectivity index (χ2v) is 5.70. The number of hydrogen-bond acceptors (Lipinski definition) is 6. The Balaban J connectivity index is 2.15. The maximum Gasteiger partial charge on any atom is 0.315 e. The number of thiazole rings is 1. The summed E-state index contributed by atoms with van der Waals surface area (Å²) in [5, 5.41) is 9.61. The van der Waals surface area contributed by atoms with E-state index in [1.165, 1.54) is 4.88 Å². The third-order valence-corrected chi connectivity index (χ3v) is 4.62. The topological polar surface area (TPSA) is 66.2 Å². The highest BCUT2D eigenvalue weighted by molar-refractivity contribution is 7.15. The van der Waals surface area contributed by atoms with E-state index < -0.39 is 0 Å². The van der Waals surface area contributed by atoms with Crippen molar-refractivity contribution < 1.29 is 9.53 Å². The van der Waals surface area contributed by atoms with E-state index in [0.717, 1.165) is 30.2 Å². The van der Waals surface area contributed by atoms with E-state index in [1.807, 2.05) is 13.8 Å². The van der Waals surface area contributed by atoms with E-state index in [-0.39, 0.29) is 11.9 Å². The fourth-order valence-electron chi connectivity index (χ4n) is 2.40. The Hall–Kier alpha value is -1.61. The molecule has 0 bridgehead atoms. The van der Waals surface area contributed by atoms with Gasteiger partial charge in [0.05, 0.1) is 24.8 Å². The van der Waals surface area contributed by atoms with Crippen LogP contribution < -0.4 is 4.90 Å². The Morgan fingerprint density at radius 3 is 3.05 bits per heavy atom. The second kappa shape index (κ2) is 6.71. The Kier molecular flexibility index (Phi) is 4.96. The number of fused-ring (bicyclic) bond motifs is 1. The van der Waals surface area contributed by atoms with Gasteiger partial charge in [0.25, 0.3) is 0 Å². The molecule has 1 heterocycles. The zero-order valence-electron chi connectivity index (χ0n) is 11.9. The predicted molar refractivity (Wildman–Crippen MR) is 77.9 cm³/mol. The van der Waals surface area contributed by atoms with E-state index in [1.54, 1.807) is 11.3 Å². The summed E-state index contributed by atoms with van der Waals surface area (Å²) in [4.78, 5) is 19.8. The molecule has 1 aliphatic carbocycles. The smallest absolute Gasteiger partial charge is 0.315 e. The minimum atomic E-state index is -0.204. The predicted octanol–water partition coefficient (Wildman–Crippen LogP) is 2.48. The monoisotopic (exact) mass is 293 g/mol. The number of nitriles is 1. The number of carbonyl (C=O) groups excluding carboxylic acids is 1. The van der Waals surface area contributed by atoms with Crippen LogP contribution in [-0.2, 0) is 16.0 Å². The highest BCUT2D eigenvalue weighted by Gasteiger charge is 2.34. The summed E-state index contributed by atoms with van der Waals surface area (Å²) >= 11 is 1.64. The molecule has 0 fully saturated rings. The molecule has 0 N–H and O–H groups in total. The lowest BCUT2D eigenvalue weighted by Crippen LogP contribution is -2.23. The van der Waals surface area contributed by atoms with Gasteiger partial charge in [0.1, 0.15) is 5.92 Å². The third-order valence-electron chi connectivity index (χ3n) is 3.42. The van der Waals surface area contributed by atoms with Gasteiger partial charge in [-0.2, -0.15) is 5.26 Å². The van der Waals surface area contributed by atoms with E-state index in [2.05, 4.69) is 16.0 Å². The molecular weight excluding hydrogens is 274 g/mol. The molecule has 0 aromatic carbocycles. The second-order valence-electron chi connectivity index (χ2n) is 4.64. The summed E-state index contributed by atoms with van der Waals surface area (Å²) < 4.78 is 5.11. The molecule has 108 valence electrons. The van der Waals surface area contributed by atoms with Crippen LogP contribution in [0.4, 0.5) is 5.13 Å². The molecule has 0 amide bonds. The number of anilines is 1. The number of esters is 1. The normalized spacial score (nSPS) is 16.6. The maximum atomic E-state index is 11.9. The van der Waals surface area contributed by atoms with Gasteiger partial charge in [0, 0.05) is 18.0 Å². The molecule has 0 radical (unpaired) electrons. The summed E-state index contributed by atoms with van der Waals surface area (Å²) in [7, 11) is 0. The van der Waals surface area contributed by atoms with Crippen molar-refractivity contribution in [2.24, 2.45) is 0 Å². The van der Waals surface area contributed by atoms with Gasteiger partial charge in [-0.3, -0.25) is 4.79 Å². The van der Waals surface area contributed by atoms with Crippen LogP contribution >= 0.6 is 11.3 Å². The Morgan fingerprint density at radius 2 is 2.40 bits per heavy atom. The van der Waals surface area contributed by atoms with Crippen molar-refractivity contribution in [2.45, 2.75) is 39.0 Å². The third kappa shape index (κ3) is 2.93. The van der Waals surface area contributed by atoms with Gasteiger partial charge in [-0.25, -0.2) is 4.98 Å². The minimum Gasteiger partial charge on any atom is -0.465 e. The van der Waals surface area contributed by atoms with Crippen molar-refractivity contribution in [1.29, 1.82) is 5.26 Å². The van der Waals surface area contributed by atoms with E-state index in [9.17, 15) is 4.79 Å². The average Bonchev–Trinajstić information content (AvgIpc) is 2.99. The summed E-state index contributed by atoms with van der Waals surface area (Å²) in [6.07, 6.45) is 2.18. The first kappa shape index (κ1) is 14.8. The Bertz CT molecular complexity index is 521. The summed E-state index contributed by atoms with van der Waals surface area (Å²) in [5.74, 6) is -0.368. The molecule has 1 aliphatic rings. The van der Waals surface area contributed by atoms with Gasteiger partial charge < -0.3 is 9.64 Å². The van der Waals surface area contributed by atoms with Crippen molar-refractivity contribution in [2.75, 3.05) is 24.6 Å². The van der Waals surface area contributed by atoms with Gasteiger partial charge in [0.2, 0.25) is 0 Å². The highest BCUT2D eigenvalue weighted by atomic mass is 32.1. The fourth-order valence-corrected chi connectivity index (χ4v) is 3.62. The van der Waals surface area contributed by atoms with Crippen LogP contribution in [0.3, 0.4) is 0 Å². The molecule has 2 rings (SSSR count). The lowest BCUT2D eigenvalue weighted by Gasteiger charge is -2.18. The van der Waals surface area contributed by atoms with Gasteiger partial charge >= 0.3 is 5.97 Å². The summed E-state index contributed by atoms with van der Waals surface area (Å²) in [6.45, 7) is 5.78. The number of hydrogen-bond donors (Lipinski definition) is 0. The lowest BCUT2D eigenvalue weighted by atomic mass is 10.1. The van der Waals surface area contributed by atoms with Crippen molar-refractivity contribution in [3.8, 4) is 6.07 Å². The van der Waals surface area contributed by atoms with E-state index in [0.29, 0.717) is 19.6 Å². The minimum absolute atomic E-state index is 0.164. The number of ether oxygens (including phenoxy) is 1. The largest absolute Gasteiger partial charge is 0.465 e. The van der Waals surface area contributed by atoms with Gasteiger partial charge in [-0.05, 0) is 26.7 Å². The van der Waals surface area contributed by atoms with Crippen LogP contribution in [0, 0.1) is 11.3 Å². The number of rotatable bonds is 6. The zero-order valence-corrected chi connectivity index (χ0v) is 12.7. The Labute approximate surface area is 123 Å². The first-order valence-electron chi connectivity index (χ1n) is 6.99. The molecule has 0 spiro atoms. The molecular formula is C14H19N3O2S. The first-order valence-corrected chi connectivity index (χ1v) is 7.81. The number of aromatic nitrogens is 1. The molecule has 1 aromatic heterocycles. The molecule has 1 aromatic rings. The molecule has 1 atom stereocenters. The van der Waals surface area contributed by atoms with Gasteiger partial charge in [-0.1, -0.05) is 0 Å². The maximum absolute atomic E-state index is 11.9. The van der Waals surface area contributed by atoms with Crippen LogP contribution in [-0.4, -0.2) is 30.6 Å². The van der Waals surface area contributed by atoms with E-state index >= 15 is 0 Å². The number of carbonyl (C=O) groups is 1. The van der Waals surface area contributed by atoms with Crippen LogP contribution in [0.25, 0.3) is 0 Å².